The highest BCUT2D eigenvalue weighted by Crippen LogP contribution is 2.26. The van der Waals surface area contributed by atoms with Gasteiger partial charge in [0.2, 0.25) is 5.88 Å². The zero-order valence-corrected chi connectivity index (χ0v) is 14.0. The Morgan fingerprint density at radius 1 is 1.35 bits per heavy atom. The van der Waals surface area contributed by atoms with Gasteiger partial charge in [0.15, 0.2) is 0 Å². The number of methoxy groups -OCH3 is 1. The van der Waals surface area contributed by atoms with Crippen LogP contribution in [0, 0.1) is 0 Å². The summed E-state index contributed by atoms with van der Waals surface area (Å²) < 4.78 is 13.2. The Morgan fingerprint density at radius 2 is 2.22 bits per heavy atom. The molecule has 6 nitrogen and oxygen atoms in total. The zero-order valence-electron chi connectivity index (χ0n) is 14.0. The van der Waals surface area contributed by atoms with Gasteiger partial charge < -0.3 is 14.0 Å². The fourth-order valence-corrected chi connectivity index (χ4v) is 3.12. The summed E-state index contributed by atoms with van der Waals surface area (Å²) in [4.78, 5) is 11.2. The van der Waals surface area contributed by atoms with E-state index in [1.54, 1.807) is 13.3 Å². The highest BCUT2D eigenvalue weighted by molar-refractivity contribution is 5.26. The molecule has 0 fully saturated rings. The summed E-state index contributed by atoms with van der Waals surface area (Å²) in [7, 11) is 3.72. The highest BCUT2D eigenvalue weighted by Gasteiger charge is 2.29. The van der Waals surface area contributed by atoms with Gasteiger partial charge in [-0.05, 0) is 13.0 Å². The lowest BCUT2D eigenvalue weighted by Crippen LogP contribution is -2.43. The van der Waals surface area contributed by atoms with Gasteiger partial charge in [-0.25, -0.2) is 9.97 Å². The van der Waals surface area contributed by atoms with Crippen LogP contribution in [0.4, 0.5) is 0 Å². The second kappa shape index (κ2) is 7.10. The van der Waals surface area contributed by atoms with Crippen molar-refractivity contribution in [3.05, 3.63) is 41.6 Å². The average Bonchev–Trinajstić information content (AvgIpc) is 2.93. The molecular formula is C17H24N4O2. The standard InChI is InChI=1S/C17H24N4O2/c1-4-23-11-14-8-16-15(19-12-20(16)2)10-21(14)9-13-6-5-7-18-17(13)22-3/h5-7,12,14H,4,8-11H2,1-3H3. The predicted molar refractivity (Wildman–Crippen MR) is 87.2 cm³/mol. The first kappa shape index (κ1) is 16.0. The first-order valence-electron chi connectivity index (χ1n) is 8.01. The van der Waals surface area contributed by atoms with E-state index in [4.69, 9.17) is 9.47 Å². The van der Waals surface area contributed by atoms with Gasteiger partial charge in [0.25, 0.3) is 0 Å². The summed E-state index contributed by atoms with van der Waals surface area (Å²) in [5, 5.41) is 0. The number of rotatable bonds is 6. The molecule has 1 aliphatic rings. The number of pyridine rings is 1. The van der Waals surface area contributed by atoms with Crippen LogP contribution in [0.25, 0.3) is 0 Å². The van der Waals surface area contributed by atoms with Crippen LogP contribution in [0.3, 0.4) is 0 Å². The molecule has 3 rings (SSSR count). The number of nitrogens with zero attached hydrogens (tertiary/aromatic N) is 4. The average molecular weight is 316 g/mol. The van der Waals surface area contributed by atoms with Gasteiger partial charge in [0.05, 0.1) is 25.7 Å². The van der Waals surface area contributed by atoms with Gasteiger partial charge >= 0.3 is 0 Å². The Labute approximate surface area is 137 Å². The van der Waals surface area contributed by atoms with Crippen LogP contribution in [0.2, 0.25) is 0 Å². The van der Waals surface area contributed by atoms with Crippen molar-refractivity contribution in [1.82, 2.24) is 19.4 Å². The van der Waals surface area contributed by atoms with E-state index in [0.717, 1.165) is 44.0 Å². The normalized spacial score (nSPS) is 18.0. The number of aryl methyl sites for hydroxylation is 1. The molecule has 0 saturated heterocycles. The lowest BCUT2D eigenvalue weighted by atomic mass is 10.0. The first-order chi connectivity index (χ1) is 11.2. The maximum Gasteiger partial charge on any atom is 0.217 e. The van der Waals surface area contributed by atoms with Gasteiger partial charge in [-0.15, -0.1) is 0 Å². The molecule has 6 heteroatoms. The monoisotopic (exact) mass is 316 g/mol. The molecule has 0 radical (unpaired) electrons. The molecule has 2 aromatic rings. The van der Waals surface area contributed by atoms with Crippen molar-refractivity contribution in [2.24, 2.45) is 7.05 Å². The van der Waals surface area contributed by atoms with E-state index in [2.05, 4.69) is 32.5 Å². The summed E-state index contributed by atoms with van der Waals surface area (Å²) in [5.74, 6) is 0.689. The number of imidazole rings is 1. The number of hydrogen-bond acceptors (Lipinski definition) is 5. The van der Waals surface area contributed by atoms with Gasteiger partial charge in [-0.3, -0.25) is 4.90 Å². The Balaban J connectivity index is 1.83. The molecular weight excluding hydrogens is 292 g/mol. The Hall–Kier alpha value is -1.92. The van der Waals surface area contributed by atoms with E-state index in [1.807, 2.05) is 19.3 Å². The molecule has 0 amide bonds. The van der Waals surface area contributed by atoms with Crippen molar-refractivity contribution in [1.29, 1.82) is 0 Å². The number of ether oxygens (including phenoxy) is 2. The van der Waals surface area contributed by atoms with Crippen LogP contribution in [0.5, 0.6) is 5.88 Å². The molecule has 1 atom stereocenters. The summed E-state index contributed by atoms with van der Waals surface area (Å²) in [6.45, 7) is 5.10. The van der Waals surface area contributed by atoms with Crippen LogP contribution in [0.1, 0.15) is 23.9 Å². The van der Waals surface area contributed by atoms with Crippen LogP contribution < -0.4 is 4.74 Å². The van der Waals surface area contributed by atoms with Crippen molar-refractivity contribution < 1.29 is 9.47 Å². The molecule has 3 heterocycles. The molecule has 1 aliphatic heterocycles. The highest BCUT2D eigenvalue weighted by atomic mass is 16.5. The molecule has 2 aromatic heterocycles. The van der Waals surface area contributed by atoms with Crippen LogP contribution in [-0.2, 0) is 31.3 Å². The number of hydrogen-bond donors (Lipinski definition) is 0. The van der Waals surface area contributed by atoms with Gasteiger partial charge in [-0.2, -0.15) is 0 Å². The third kappa shape index (κ3) is 3.38. The minimum absolute atomic E-state index is 0.336. The van der Waals surface area contributed by atoms with Crippen molar-refractivity contribution in [2.75, 3.05) is 20.3 Å². The van der Waals surface area contributed by atoms with Crippen molar-refractivity contribution >= 4 is 0 Å². The first-order valence-corrected chi connectivity index (χ1v) is 8.01. The zero-order chi connectivity index (χ0) is 16.2. The molecule has 0 spiro atoms. The second-order valence-electron chi connectivity index (χ2n) is 5.84. The summed E-state index contributed by atoms with van der Waals surface area (Å²) >= 11 is 0. The van der Waals surface area contributed by atoms with Crippen molar-refractivity contribution in [2.45, 2.75) is 32.5 Å². The largest absolute Gasteiger partial charge is 0.481 e. The van der Waals surface area contributed by atoms with Crippen LogP contribution >= 0.6 is 0 Å². The Bertz CT molecular complexity index is 656. The van der Waals surface area contributed by atoms with E-state index in [9.17, 15) is 0 Å². The summed E-state index contributed by atoms with van der Waals surface area (Å²) in [6, 6.07) is 4.35. The van der Waals surface area contributed by atoms with E-state index in [1.165, 1.54) is 5.69 Å². The summed E-state index contributed by atoms with van der Waals surface area (Å²) in [6.07, 6.45) is 4.61. The molecule has 0 saturated carbocycles. The maximum atomic E-state index is 5.71. The fraction of sp³-hybridized carbons (Fsp3) is 0.529. The molecule has 0 aliphatic carbocycles. The Morgan fingerprint density at radius 3 is 3.00 bits per heavy atom. The topological polar surface area (TPSA) is 52.4 Å². The quantitative estimate of drug-likeness (QED) is 0.813. The maximum absolute atomic E-state index is 5.71. The van der Waals surface area contributed by atoms with Gasteiger partial charge in [0.1, 0.15) is 0 Å². The number of aromatic nitrogens is 3. The molecule has 23 heavy (non-hydrogen) atoms. The molecule has 0 bridgehead atoms. The van der Waals surface area contributed by atoms with Crippen LogP contribution in [-0.4, -0.2) is 45.8 Å². The number of fused-ring (bicyclic) bond motifs is 1. The third-order valence-electron chi connectivity index (χ3n) is 4.37. The van der Waals surface area contributed by atoms with Gasteiger partial charge in [-0.1, -0.05) is 6.07 Å². The van der Waals surface area contributed by atoms with E-state index < -0.39 is 0 Å². The summed E-state index contributed by atoms with van der Waals surface area (Å²) in [5.41, 5.74) is 3.56. The second-order valence-corrected chi connectivity index (χ2v) is 5.84. The Kier molecular flexibility index (Phi) is 4.93. The van der Waals surface area contributed by atoms with Crippen molar-refractivity contribution in [3.8, 4) is 5.88 Å². The lowest BCUT2D eigenvalue weighted by Gasteiger charge is -2.35. The molecule has 1 unspecified atom stereocenters. The molecule has 0 aromatic carbocycles. The third-order valence-corrected chi connectivity index (χ3v) is 4.37. The predicted octanol–water partition coefficient (Wildman–Crippen LogP) is 1.79. The SMILES string of the molecule is CCOCC1Cc2c(ncn2C)CN1Cc1cccnc1OC. The van der Waals surface area contributed by atoms with Crippen molar-refractivity contribution in [3.63, 3.8) is 0 Å². The minimum atomic E-state index is 0.336. The molecule has 124 valence electrons. The minimum Gasteiger partial charge on any atom is -0.481 e. The van der Waals surface area contributed by atoms with Gasteiger partial charge in [0, 0.05) is 56.7 Å². The van der Waals surface area contributed by atoms with E-state index in [-0.39, 0.29) is 0 Å². The van der Waals surface area contributed by atoms with E-state index in [0.29, 0.717) is 11.9 Å². The fourth-order valence-electron chi connectivity index (χ4n) is 3.12. The smallest absolute Gasteiger partial charge is 0.217 e. The van der Waals surface area contributed by atoms with E-state index >= 15 is 0 Å². The van der Waals surface area contributed by atoms with Crippen LogP contribution in [0.15, 0.2) is 24.7 Å². The molecule has 0 N–H and O–H groups in total. The lowest BCUT2D eigenvalue weighted by molar-refractivity contribution is 0.0491.